The molecule has 1 saturated carbocycles. The van der Waals surface area contributed by atoms with E-state index in [1.807, 2.05) is 37.6 Å². The lowest BCUT2D eigenvalue weighted by molar-refractivity contribution is 0.145. The molecule has 1 N–H and O–H groups in total. The molecule has 0 amide bonds. The third kappa shape index (κ3) is 5.81. The van der Waals surface area contributed by atoms with Crippen LogP contribution in [-0.2, 0) is 11.2 Å². The Morgan fingerprint density at radius 3 is 2.43 bits per heavy atom. The van der Waals surface area contributed by atoms with E-state index in [2.05, 4.69) is 26.1 Å². The van der Waals surface area contributed by atoms with Crippen LogP contribution >= 0.6 is 0 Å². The lowest BCUT2D eigenvalue weighted by Gasteiger charge is -2.29. The molecule has 35 heavy (non-hydrogen) atoms. The summed E-state index contributed by atoms with van der Waals surface area (Å²) in [6.07, 6.45) is 4.54. The van der Waals surface area contributed by atoms with Crippen molar-refractivity contribution in [1.29, 1.82) is 0 Å². The lowest BCUT2D eigenvalue weighted by Crippen LogP contribution is -2.40. The second-order valence-electron chi connectivity index (χ2n) is 9.17. The molecule has 0 aliphatic heterocycles. The van der Waals surface area contributed by atoms with Crippen molar-refractivity contribution in [3.8, 4) is 17.1 Å². The Morgan fingerprint density at radius 2 is 1.86 bits per heavy atom. The fourth-order valence-electron chi connectivity index (χ4n) is 4.27. The number of nitrogens with one attached hydrogen (secondary N) is 1. The van der Waals surface area contributed by atoms with Crippen LogP contribution in [0.2, 0.25) is 0 Å². The highest BCUT2D eigenvalue weighted by Gasteiger charge is 2.25. The summed E-state index contributed by atoms with van der Waals surface area (Å²) in [6.45, 7) is 13.7. The minimum Gasteiger partial charge on any atom is -0.480 e. The lowest BCUT2D eigenvalue weighted by atomic mass is 9.93. The minimum atomic E-state index is 0.0539. The number of hydrogen-bond acceptors (Lipinski definition) is 7. The van der Waals surface area contributed by atoms with E-state index in [9.17, 15) is 0 Å². The second kappa shape index (κ2) is 12.4. The van der Waals surface area contributed by atoms with E-state index in [0.717, 1.165) is 52.5 Å². The number of pyridine rings is 1. The fourth-order valence-corrected chi connectivity index (χ4v) is 4.27. The van der Waals surface area contributed by atoms with Gasteiger partial charge in [-0.2, -0.15) is 5.10 Å². The normalized spacial score (nSPS) is 14.5. The summed E-state index contributed by atoms with van der Waals surface area (Å²) in [5.74, 6) is 0.899. The van der Waals surface area contributed by atoms with Crippen molar-refractivity contribution >= 4 is 11.2 Å². The highest BCUT2D eigenvalue weighted by atomic mass is 16.5. The molecule has 1 aliphatic carbocycles. The number of nitrogens with zero attached hydrogens (tertiary/aromatic N) is 5. The molecule has 0 saturated heterocycles. The number of hydrogen-bond donors (Lipinski definition) is 1. The van der Waals surface area contributed by atoms with Gasteiger partial charge in [-0.1, -0.05) is 41.0 Å². The molecule has 0 radical (unpaired) electrons. The van der Waals surface area contributed by atoms with Gasteiger partial charge in [0.25, 0.3) is 0 Å². The van der Waals surface area contributed by atoms with Gasteiger partial charge < -0.3 is 14.8 Å². The third-order valence-electron chi connectivity index (χ3n) is 6.48. The molecule has 3 aromatic rings. The predicted octanol–water partition coefficient (Wildman–Crippen LogP) is 5.25. The van der Waals surface area contributed by atoms with E-state index in [1.165, 1.54) is 19.3 Å². The molecule has 3 heterocycles. The van der Waals surface area contributed by atoms with Crippen LogP contribution in [-0.4, -0.2) is 58.1 Å². The van der Waals surface area contributed by atoms with E-state index in [1.54, 1.807) is 14.2 Å². The highest BCUT2D eigenvalue weighted by molar-refractivity contribution is 5.79. The number of aromatic nitrogens is 5. The minimum absolute atomic E-state index is 0.0539. The van der Waals surface area contributed by atoms with Crippen molar-refractivity contribution in [2.24, 2.45) is 0 Å². The third-order valence-corrected chi connectivity index (χ3v) is 6.48. The molecule has 4 rings (SSSR count). The Labute approximate surface area is 209 Å². The van der Waals surface area contributed by atoms with Gasteiger partial charge >= 0.3 is 0 Å². The maximum Gasteiger partial charge on any atom is 0.222 e. The van der Waals surface area contributed by atoms with Crippen LogP contribution in [0.25, 0.3) is 22.4 Å². The molecule has 1 aliphatic rings. The average Bonchev–Trinajstić information content (AvgIpc) is 3.17. The van der Waals surface area contributed by atoms with Gasteiger partial charge in [-0.25, -0.2) is 19.6 Å². The van der Waals surface area contributed by atoms with Gasteiger partial charge in [0.05, 0.1) is 42.4 Å². The summed E-state index contributed by atoms with van der Waals surface area (Å²) in [5.41, 5.74) is 6.04. The number of methoxy groups -OCH3 is 2. The fraction of sp³-hybridized carbons (Fsp3) is 0.630. The molecule has 1 fully saturated rings. The van der Waals surface area contributed by atoms with Gasteiger partial charge in [0.2, 0.25) is 5.88 Å². The first-order valence-electron chi connectivity index (χ1n) is 13.0. The molecule has 1 unspecified atom stereocenters. The van der Waals surface area contributed by atoms with Crippen LogP contribution < -0.4 is 10.1 Å². The maximum absolute atomic E-state index is 5.65. The second-order valence-corrected chi connectivity index (χ2v) is 9.17. The topological polar surface area (TPSA) is 87.0 Å². The largest absolute Gasteiger partial charge is 0.480 e. The quantitative estimate of drug-likeness (QED) is 0.422. The van der Waals surface area contributed by atoms with Crippen LogP contribution in [0.5, 0.6) is 5.88 Å². The summed E-state index contributed by atoms with van der Waals surface area (Å²) in [7, 11) is 3.39. The predicted molar refractivity (Wildman–Crippen MR) is 141 cm³/mol. The average molecular weight is 483 g/mol. The van der Waals surface area contributed by atoms with Gasteiger partial charge in [-0.15, -0.1) is 0 Å². The molecule has 8 heteroatoms. The van der Waals surface area contributed by atoms with Crippen molar-refractivity contribution in [3.05, 3.63) is 29.2 Å². The summed E-state index contributed by atoms with van der Waals surface area (Å²) in [5, 5.41) is 8.50. The maximum atomic E-state index is 5.65. The van der Waals surface area contributed by atoms with E-state index < -0.39 is 0 Å². The molecule has 0 bridgehead atoms. The molecule has 8 nitrogen and oxygen atoms in total. The van der Waals surface area contributed by atoms with Crippen LogP contribution in [0, 0.1) is 6.92 Å². The van der Waals surface area contributed by atoms with Crippen LogP contribution in [0.3, 0.4) is 0 Å². The Hall–Kier alpha value is -2.58. The summed E-state index contributed by atoms with van der Waals surface area (Å²) in [6, 6.07) is 4.75. The van der Waals surface area contributed by atoms with Gasteiger partial charge in [0, 0.05) is 25.4 Å². The Balaban J connectivity index is 0.00000167. The molecule has 1 atom stereocenters. The number of ether oxygens (including phenoxy) is 2. The zero-order valence-corrected chi connectivity index (χ0v) is 22.7. The SMILES string of the molecule is CC.CCc1nc2c(nc1-c1ccc(C(C)C)nc1OC)c(C)nn2C(CNC1CCC1)COC. The van der Waals surface area contributed by atoms with Gasteiger partial charge in [-0.05, 0) is 44.2 Å². The van der Waals surface area contributed by atoms with Gasteiger partial charge in [0.1, 0.15) is 5.52 Å². The van der Waals surface area contributed by atoms with Crippen molar-refractivity contribution in [2.75, 3.05) is 27.4 Å². The van der Waals surface area contributed by atoms with Crippen molar-refractivity contribution in [1.82, 2.24) is 30.0 Å². The van der Waals surface area contributed by atoms with Crippen LogP contribution in [0.1, 0.15) is 82.9 Å². The molecular formula is C27H42N6O2. The Kier molecular flexibility index (Phi) is 9.57. The van der Waals surface area contributed by atoms with Gasteiger partial charge in [0.15, 0.2) is 5.65 Å². The monoisotopic (exact) mass is 482 g/mol. The molecule has 0 spiro atoms. The van der Waals surface area contributed by atoms with E-state index in [4.69, 9.17) is 29.5 Å². The highest BCUT2D eigenvalue weighted by Crippen LogP contribution is 2.33. The van der Waals surface area contributed by atoms with Gasteiger partial charge in [-0.3, -0.25) is 0 Å². The number of rotatable bonds is 10. The zero-order chi connectivity index (χ0) is 25.5. The number of fused-ring (bicyclic) bond motifs is 1. The van der Waals surface area contributed by atoms with Crippen LogP contribution in [0.15, 0.2) is 12.1 Å². The first-order chi connectivity index (χ1) is 17.0. The molecule has 192 valence electrons. The molecular weight excluding hydrogens is 440 g/mol. The van der Waals surface area contributed by atoms with E-state index >= 15 is 0 Å². The van der Waals surface area contributed by atoms with E-state index in [-0.39, 0.29) is 6.04 Å². The van der Waals surface area contributed by atoms with E-state index in [0.29, 0.717) is 24.4 Å². The van der Waals surface area contributed by atoms with Crippen LogP contribution in [0.4, 0.5) is 0 Å². The standard InChI is InChI=1S/C25H36N6O2.C2H6/c1-7-20-23(19-11-12-21(15(2)3)28-25(19)33-6)29-22-16(4)30-31(24(22)27-20)18(14-32-5)13-26-17-9-8-10-17;1-2/h11-12,15,17-18,26H,7-10,13-14H2,1-6H3;1-2H3. The summed E-state index contributed by atoms with van der Waals surface area (Å²) < 4.78 is 13.2. The smallest absolute Gasteiger partial charge is 0.222 e. The molecule has 3 aromatic heterocycles. The van der Waals surface area contributed by atoms with Crippen molar-refractivity contribution in [3.63, 3.8) is 0 Å². The molecule has 0 aromatic carbocycles. The summed E-state index contributed by atoms with van der Waals surface area (Å²) >= 11 is 0. The Morgan fingerprint density at radius 1 is 1.11 bits per heavy atom. The summed E-state index contributed by atoms with van der Waals surface area (Å²) in [4.78, 5) is 14.8. The van der Waals surface area contributed by atoms with Crippen molar-refractivity contribution in [2.45, 2.75) is 85.2 Å². The number of aryl methyl sites for hydroxylation is 2. The Bertz CT molecular complexity index is 1110. The first-order valence-corrected chi connectivity index (χ1v) is 13.0. The zero-order valence-electron chi connectivity index (χ0n) is 22.7. The van der Waals surface area contributed by atoms with Crippen molar-refractivity contribution < 1.29 is 9.47 Å². The first kappa shape index (κ1) is 27.0.